The predicted octanol–water partition coefficient (Wildman–Crippen LogP) is 2.39. The molecule has 0 saturated carbocycles. The molecule has 0 spiro atoms. The lowest BCUT2D eigenvalue weighted by Gasteiger charge is -2.20. The molecule has 0 unspecified atom stereocenters. The first-order valence-corrected chi connectivity index (χ1v) is 7.95. The molecule has 0 radical (unpaired) electrons. The van der Waals surface area contributed by atoms with Gasteiger partial charge in [-0.3, -0.25) is 4.79 Å². The number of ether oxygens (including phenoxy) is 1. The van der Waals surface area contributed by atoms with E-state index in [1.165, 1.54) is 0 Å². The Morgan fingerprint density at radius 1 is 1.55 bits per heavy atom. The second-order valence-corrected chi connectivity index (χ2v) is 5.81. The Morgan fingerprint density at radius 3 is 2.95 bits per heavy atom. The summed E-state index contributed by atoms with van der Waals surface area (Å²) >= 11 is 1.58. The van der Waals surface area contributed by atoms with Crippen LogP contribution in [0, 0.1) is 0 Å². The first kappa shape index (κ1) is 16.9. The van der Waals surface area contributed by atoms with Crippen LogP contribution in [0.4, 0.5) is 5.13 Å². The van der Waals surface area contributed by atoms with Crippen LogP contribution in [0.25, 0.3) is 0 Å². The minimum Gasteiger partial charge on any atom is -0.466 e. The number of carbonyl (C=O) groups excluding carboxylic acids is 1. The largest absolute Gasteiger partial charge is 0.466 e. The molecule has 0 amide bonds. The second kappa shape index (κ2) is 8.92. The third-order valence-electron chi connectivity index (χ3n) is 3.06. The predicted molar refractivity (Wildman–Crippen MR) is 83.3 cm³/mol. The molecule has 114 valence electrons. The third kappa shape index (κ3) is 6.34. The lowest BCUT2D eigenvalue weighted by Crippen LogP contribution is -2.31. The van der Waals surface area contributed by atoms with Gasteiger partial charge in [0.2, 0.25) is 0 Å². The van der Waals surface area contributed by atoms with Crippen LogP contribution in [0.3, 0.4) is 0 Å². The Bertz CT molecular complexity index is 407. The summed E-state index contributed by atoms with van der Waals surface area (Å²) in [5.74, 6) is -0.159. The van der Waals surface area contributed by atoms with Crippen LogP contribution in [0.5, 0.6) is 0 Å². The van der Waals surface area contributed by atoms with Gasteiger partial charge >= 0.3 is 5.97 Å². The normalized spacial score (nSPS) is 11.1. The topological polar surface area (TPSA) is 54.5 Å². The number of carbonyl (C=O) groups is 1. The summed E-state index contributed by atoms with van der Waals surface area (Å²) in [4.78, 5) is 18.0. The molecule has 0 fully saturated rings. The smallest absolute Gasteiger partial charge is 0.306 e. The van der Waals surface area contributed by atoms with Gasteiger partial charge in [0.15, 0.2) is 5.13 Å². The van der Waals surface area contributed by atoms with Crippen LogP contribution in [0.2, 0.25) is 0 Å². The first-order valence-electron chi connectivity index (χ1n) is 7.07. The van der Waals surface area contributed by atoms with Crippen molar-refractivity contribution in [3.05, 3.63) is 11.1 Å². The summed E-state index contributed by atoms with van der Waals surface area (Å²) in [5, 5.41) is 6.22. The van der Waals surface area contributed by atoms with Gasteiger partial charge in [-0.1, -0.05) is 0 Å². The zero-order valence-corrected chi connectivity index (χ0v) is 13.6. The fraction of sp³-hybridized carbons (Fsp3) is 0.714. The van der Waals surface area contributed by atoms with Crippen molar-refractivity contribution >= 4 is 22.4 Å². The molecule has 1 heterocycles. The molecule has 0 bridgehead atoms. The lowest BCUT2D eigenvalue weighted by atomic mass is 10.2. The average molecular weight is 299 g/mol. The molecule has 0 aliphatic heterocycles. The number of thiazole rings is 1. The first-order chi connectivity index (χ1) is 9.52. The van der Waals surface area contributed by atoms with E-state index in [9.17, 15) is 4.79 Å². The summed E-state index contributed by atoms with van der Waals surface area (Å²) < 4.78 is 4.90. The molecule has 20 heavy (non-hydrogen) atoms. The third-order valence-corrected chi connectivity index (χ3v) is 3.91. The molecule has 0 atom stereocenters. The van der Waals surface area contributed by atoms with Gasteiger partial charge in [0.05, 0.1) is 18.7 Å². The summed E-state index contributed by atoms with van der Waals surface area (Å²) in [6.45, 7) is 8.46. The highest BCUT2D eigenvalue weighted by atomic mass is 32.1. The molecule has 0 aromatic carbocycles. The van der Waals surface area contributed by atoms with Crippen LogP contribution < -0.4 is 5.32 Å². The van der Waals surface area contributed by atoms with E-state index in [1.54, 1.807) is 11.3 Å². The van der Waals surface area contributed by atoms with E-state index in [0.717, 1.165) is 23.9 Å². The van der Waals surface area contributed by atoms with Crippen molar-refractivity contribution in [1.82, 2.24) is 9.88 Å². The van der Waals surface area contributed by atoms with E-state index in [0.29, 0.717) is 25.5 Å². The minimum atomic E-state index is -0.159. The number of nitrogens with one attached hydrogen (secondary N) is 1. The van der Waals surface area contributed by atoms with Gasteiger partial charge in [-0.25, -0.2) is 4.98 Å². The van der Waals surface area contributed by atoms with Gasteiger partial charge in [-0.2, -0.15) is 0 Å². The number of anilines is 1. The van der Waals surface area contributed by atoms with Crippen LogP contribution >= 0.6 is 11.3 Å². The Balaban J connectivity index is 2.27. The molecule has 0 aliphatic rings. The minimum absolute atomic E-state index is 0.159. The number of nitrogens with zero attached hydrogens (tertiary/aromatic N) is 2. The van der Waals surface area contributed by atoms with Gasteiger partial charge in [-0.05, 0) is 27.8 Å². The zero-order valence-electron chi connectivity index (χ0n) is 12.8. The van der Waals surface area contributed by atoms with Crippen LogP contribution in [-0.2, 0) is 16.0 Å². The monoisotopic (exact) mass is 299 g/mol. The van der Waals surface area contributed by atoms with Gasteiger partial charge in [0.1, 0.15) is 0 Å². The van der Waals surface area contributed by atoms with E-state index in [1.807, 2.05) is 12.3 Å². The van der Waals surface area contributed by atoms with Gasteiger partial charge in [0.25, 0.3) is 0 Å². The van der Waals surface area contributed by atoms with E-state index >= 15 is 0 Å². The molecule has 0 saturated heterocycles. The Kier molecular flexibility index (Phi) is 7.54. The van der Waals surface area contributed by atoms with Gasteiger partial charge in [0, 0.05) is 30.9 Å². The van der Waals surface area contributed by atoms with Crippen molar-refractivity contribution in [3.8, 4) is 0 Å². The van der Waals surface area contributed by atoms with Crippen LogP contribution in [0.15, 0.2) is 5.38 Å². The quantitative estimate of drug-likeness (QED) is 0.710. The van der Waals surface area contributed by atoms with Gasteiger partial charge < -0.3 is 15.0 Å². The maximum absolute atomic E-state index is 11.3. The molecule has 6 heteroatoms. The van der Waals surface area contributed by atoms with Crippen molar-refractivity contribution in [2.24, 2.45) is 0 Å². The van der Waals surface area contributed by atoms with E-state index < -0.39 is 0 Å². The molecular weight excluding hydrogens is 274 g/mol. The van der Waals surface area contributed by atoms with Crippen molar-refractivity contribution in [3.63, 3.8) is 0 Å². The van der Waals surface area contributed by atoms with E-state index in [-0.39, 0.29) is 5.97 Å². The number of esters is 1. The fourth-order valence-corrected chi connectivity index (χ4v) is 2.34. The van der Waals surface area contributed by atoms with E-state index in [2.05, 4.69) is 36.1 Å². The standard InChI is InChI=1S/C14H25N3O2S/c1-5-19-13(18)7-6-12-10-20-14(16-12)15-8-9-17(4)11(2)3/h10-11H,5-9H2,1-4H3,(H,15,16). The summed E-state index contributed by atoms with van der Waals surface area (Å²) in [7, 11) is 2.11. The second-order valence-electron chi connectivity index (χ2n) is 4.95. The van der Waals surface area contributed by atoms with Crippen molar-refractivity contribution in [2.75, 3.05) is 32.1 Å². The van der Waals surface area contributed by atoms with Gasteiger partial charge in [-0.15, -0.1) is 11.3 Å². The Labute approximate surface area is 125 Å². The number of aryl methyl sites for hydroxylation is 1. The maximum Gasteiger partial charge on any atom is 0.306 e. The Morgan fingerprint density at radius 2 is 2.30 bits per heavy atom. The number of likely N-dealkylation sites (N-methyl/N-ethyl adjacent to an activating group) is 1. The highest BCUT2D eigenvalue weighted by Gasteiger charge is 2.07. The zero-order chi connectivity index (χ0) is 15.0. The van der Waals surface area contributed by atoms with Crippen molar-refractivity contribution in [1.29, 1.82) is 0 Å². The van der Waals surface area contributed by atoms with Crippen molar-refractivity contribution < 1.29 is 9.53 Å². The molecule has 1 N–H and O–H groups in total. The molecular formula is C14H25N3O2S. The summed E-state index contributed by atoms with van der Waals surface area (Å²) in [5.41, 5.74) is 0.947. The SMILES string of the molecule is CCOC(=O)CCc1csc(NCCN(C)C(C)C)n1. The highest BCUT2D eigenvalue weighted by Crippen LogP contribution is 2.16. The number of hydrogen-bond acceptors (Lipinski definition) is 6. The lowest BCUT2D eigenvalue weighted by molar-refractivity contribution is -0.143. The average Bonchev–Trinajstić information content (AvgIpc) is 2.84. The number of hydrogen-bond donors (Lipinski definition) is 1. The molecule has 1 aromatic heterocycles. The molecule has 0 aliphatic carbocycles. The summed E-state index contributed by atoms with van der Waals surface area (Å²) in [6, 6.07) is 0.549. The van der Waals surface area contributed by atoms with Crippen LogP contribution in [-0.4, -0.2) is 48.6 Å². The van der Waals surface area contributed by atoms with Crippen molar-refractivity contribution in [2.45, 2.75) is 39.7 Å². The number of rotatable bonds is 9. The molecule has 1 aromatic rings. The maximum atomic E-state index is 11.3. The molecule has 5 nitrogen and oxygen atoms in total. The fourth-order valence-electron chi connectivity index (χ4n) is 1.56. The highest BCUT2D eigenvalue weighted by molar-refractivity contribution is 7.13. The molecule has 1 rings (SSSR count). The number of aromatic nitrogens is 1. The summed E-state index contributed by atoms with van der Waals surface area (Å²) in [6.07, 6.45) is 1.04. The van der Waals surface area contributed by atoms with Crippen LogP contribution in [0.1, 0.15) is 32.9 Å². The Hall–Kier alpha value is -1.14. The van der Waals surface area contributed by atoms with E-state index in [4.69, 9.17) is 4.74 Å².